The Bertz CT molecular complexity index is 394. The van der Waals surface area contributed by atoms with Crippen molar-refractivity contribution in [1.82, 2.24) is 0 Å². The van der Waals surface area contributed by atoms with Crippen molar-refractivity contribution >= 4 is 11.4 Å². The minimum absolute atomic E-state index is 0.0364. The Balaban J connectivity index is 2.40. The molecule has 0 aliphatic carbocycles. The van der Waals surface area contributed by atoms with Crippen molar-refractivity contribution in [1.29, 1.82) is 0 Å². The van der Waals surface area contributed by atoms with E-state index in [1.165, 1.54) is 6.07 Å². The summed E-state index contributed by atoms with van der Waals surface area (Å²) in [6.45, 7) is 0.191. The third kappa shape index (κ3) is 1.71. The predicted molar refractivity (Wildman–Crippen MR) is 53.1 cm³/mol. The Labute approximate surface area is 85.6 Å². The zero-order valence-electron chi connectivity index (χ0n) is 7.84. The van der Waals surface area contributed by atoms with Crippen molar-refractivity contribution in [2.24, 2.45) is 0 Å². The quantitative estimate of drug-likeness (QED) is 0.556. The highest BCUT2D eigenvalue weighted by Gasteiger charge is 2.25. The first-order chi connectivity index (χ1) is 7.22. The number of nitrogens with one attached hydrogen (secondary N) is 1. The van der Waals surface area contributed by atoms with Gasteiger partial charge in [0.2, 0.25) is 0 Å². The molecule has 0 saturated carbocycles. The normalized spacial score (nSPS) is 18.6. The number of anilines is 1. The maximum Gasteiger partial charge on any atom is 0.296 e. The van der Waals surface area contributed by atoms with Gasteiger partial charge < -0.3 is 15.2 Å². The Morgan fingerprint density at radius 1 is 1.67 bits per heavy atom. The summed E-state index contributed by atoms with van der Waals surface area (Å²) >= 11 is 0. The lowest BCUT2D eigenvalue weighted by Crippen LogP contribution is -2.34. The van der Waals surface area contributed by atoms with Crippen LogP contribution in [0, 0.1) is 10.1 Å². The van der Waals surface area contributed by atoms with Gasteiger partial charge in [-0.3, -0.25) is 10.1 Å². The van der Waals surface area contributed by atoms with Crippen molar-refractivity contribution in [2.45, 2.75) is 6.04 Å². The Morgan fingerprint density at radius 3 is 3.13 bits per heavy atom. The largest absolute Gasteiger partial charge is 0.489 e. The van der Waals surface area contributed by atoms with Gasteiger partial charge in [0.1, 0.15) is 12.4 Å². The van der Waals surface area contributed by atoms with Crippen LogP contribution in [0.2, 0.25) is 0 Å². The van der Waals surface area contributed by atoms with Crippen molar-refractivity contribution in [3.05, 3.63) is 28.3 Å². The van der Waals surface area contributed by atoms with Gasteiger partial charge in [-0.25, -0.2) is 0 Å². The van der Waals surface area contributed by atoms with E-state index in [4.69, 9.17) is 9.84 Å². The molecule has 1 aliphatic heterocycles. The predicted octanol–water partition coefficient (Wildman–Crippen LogP) is 0.760. The average molecular weight is 210 g/mol. The Hall–Kier alpha value is -1.82. The van der Waals surface area contributed by atoms with E-state index in [0.717, 1.165) is 0 Å². The summed E-state index contributed by atoms with van der Waals surface area (Å²) in [6.07, 6.45) is 0. The topological polar surface area (TPSA) is 84.6 Å². The molecular formula is C9H10N2O4. The molecule has 0 bridgehead atoms. The Kier molecular flexibility index (Phi) is 2.42. The number of fused-ring (bicyclic) bond motifs is 1. The lowest BCUT2D eigenvalue weighted by Gasteiger charge is -2.25. The smallest absolute Gasteiger partial charge is 0.296 e. The first-order valence-corrected chi connectivity index (χ1v) is 4.50. The van der Waals surface area contributed by atoms with E-state index in [0.29, 0.717) is 18.0 Å². The molecule has 1 atom stereocenters. The third-order valence-electron chi connectivity index (χ3n) is 2.21. The summed E-state index contributed by atoms with van der Waals surface area (Å²) in [5, 5.41) is 22.5. The number of aliphatic hydroxyl groups excluding tert-OH is 1. The number of nitrogens with zero attached hydrogens (tertiary/aromatic N) is 1. The molecular weight excluding hydrogens is 200 g/mol. The van der Waals surface area contributed by atoms with Gasteiger partial charge in [-0.15, -0.1) is 0 Å². The van der Waals surface area contributed by atoms with Crippen LogP contribution >= 0.6 is 0 Å². The summed E-state index contributed by atoms with van der Waals surface area (Å²) in [6, 6.07) is 4.33. The van der Waals surface area contributed by atoms with Gasteiger partial charge in [0.15, 0.2) is 5.69 Å². The molecule has 0 saturated heterocycles. The van der Waals surface area contributed by atoms with E-state index < -0.39 is 4.92 Å². The van der Waals surface area contributed by atoms with E-state index in [1.54, 1.807) is 12.1 Å². The van der Waals surface area contributed by atoms with Crippen LogP contribution in [0.4, 0.5) is 11.4 Å². The molecule has 1 aliphatic rings. The molecule has 15 heavy (non-hydrogen) atoms. The summed E-state index contributed by atoms with van der Waals surface area (Å²) in [5.74, 6) is 0.453. The van der Waals surface area contributed by atoms with Crippen LogP contribution in [0.15, 0.2) is 18.2 Å². The molecule has 0 unspecified atom stereocenters. The number of hydrogen-bond donors (Lipinski definition) is 2. The molecule has 0 aromatic heterocycles. The van der Waals surface area contributed by atoms with E-state index >= 15 is 0 Å². The molecule has 1 aromatic carbocycles. The van der Waals surface area contributed by atoms with E-state index in [-0.39, 0.29) is 18.3 Å². The number of hydrogen-bond acceptors (Lipinski definition) is 5. The molecule has 0 fully saturated rings. The lowest BCUT2D eigenvalue weighted by molar-refractivity contribution is -0.384. The maximum atomic E-state index is 10.7. The summed E-state index contributed by atoms with van der Waals surface area (Å²) in [4.78, 5) is 10.2. The van der Waals surface area contributed by atoms with Gasteiger partial charge >= 0.3 is 0 Å². The molecule has 6 nitrogen and oxygen atoms in total. The van der Waals surface area contributed by atoms with Crippen molar-refractivity contribution in [2.75, 3.05) is 18.5 Å². The van der Waals surface area contributed by atoms with Crippen molar-refractivity contribution in [3.8, 4) is 5.75 Å². The molecule has 2 N–H and O–H groups in total. The molecule has 1 heterocycles. The fourth-order valence-electron chi connectivity index (χ4n) is 1.47. The number of aliphatic hydroxyl groups is 1. The second-order valence-electron chi connectivity index (χ2n) is 3.24. The molecule has 2 rings (SSSR count). The molecule has 0 radical (unpaired) electrons. The van der Waals surface area contributed by atoms with Gasteiger partial charge in [0.25, 0.3) is 5.69 Å². The van der Waals surface area contributed by atoms with Crippen LogP contribution < -0.4 is 10.1 Å². The fraction of sp³-hybridized carbons (Fsp3) is 0.333. The van der Waals surface area contributed by atoms with Gasteiger partial charge in [0, 0.05) is 6.07 Å². The van der Waals surface area contributed by atoms with Crippen LogP contribution in [0.25, 0.3) is 0 Å². The fourth-order valence-corrected chi connectivity index (χ4v) is 1.47. The standard InChI is InChI=1S/C9H10N2O4/c12-4-6-5-15-8-3-1-2-7(11(13)14)9(8)10-6/h1-3,6,10,12H,4-5H2/t6-/m0/s1. The summed E-state index contributed by atoms with van der Waals surface area (Å²) in [5.41, 5.74) is 0.304. The second kappa shape index (κ2) is 3.74. The van der Waals surface area contributed by atoms with E-state index in [2.05, 4.69) is 5.32 Å². The number of ether oxygens (including phenoxy) is 1. The number of nitro benzene ring substituents is 1. The maximum absolute atomic E-state index is 10.7. The van der Waals surface area contributed by atoms with Crippen molar-refractivity contribution in [3.63, 3.8) is 0 Å². The average Bonchev–Trinajstić information content (AvgIpc) is 2.27. The third-order valence-corrected chi connectivity index (χ3v) is 2.21. The summed E-state index contributed by atoms with van der Waals surface area (Å²) in [7, 11) is 0. The monoisotopic (exact) mass is 210 g/mol. The molecule has 1 aromatic rings. The zero-order chi connectivity index (χ0) is 10.8. The van der Waals surface area contributed by atoms with Crippen LogP contribution in [-0.2, 0) is 0 Å². The van der Waals surface area contributed by atoms with Gasteiger partial charge in [0.05, 0.1) is 17.6 Å². The van der Waals surface area contributed by atoms with Crippen LogP contribution in [0.1, 0.15) is 0 Å². The lowest BCUT2D eigenvalue weighted by atomic mass is 10.2. The minimum Gasteiger partial charge on any atom is -0.489 e. The first-order valence-electron chi connectivity index (χ1n) is 4.50. The van der Waals surface area contributed by atoms with Gasteiger partial charge in [-0.2, -0.15) is 0 Å². The molecule has 0 spiro atoms. The Morgan fingerprint density at radius 2 is 2.47 bits per heavy atom. The van der Waals surface area contributed by atoms with Gasteiger partial charge in [-0.1, -0.05) is 6.07 Å². The van der Waals surface area contributed by atoms with E-state index in [1.807, 2.05) is 0 Å². The van der Waals surface area contributed by atoms with Crippen LogP contribution in [-0.4, -0.2) is 29.3 Å². The first kappa shape index (κ1) is 9.72. The number of benzene rings is 1. The minimum atomic E-state index is -0.477. The zero-order valence-corrected chi connectivity index (χ0v) is 7.84. The molecule has 80 valence electrons. The van der Waals surface area contributed by atoms with Crippen molar-refractivity contribution < 1.29 is 14.8 Å². The SMILES string of the molecule is O=[N+]([O-])c1cccc2c1N[C@@H](CO)CO2. The highest BCUT2D eigenvalue weighted by molar-refractivity contribution is 5.71. The van der Waals surface area contributed by atoms with Gasteiger partial charge in [-0.05, 0) is 6.07 Å². The highest BCUT2D eigenvalue weighted by Crippen LogP contribution is 2.36. The molecule has 6 heteroatoms. The van der Waals surface area contributed by atoms with Crippen LogP contribution in [0.5, 0.6) is 5.75 Å². The molecule has 0 amide bonds. The van der Waals surface area contributed by atoms with E-state index in [9.17, 15) is 10.1 Å². The van der Waals surface area contributed by atoms with Crippen LogP contribution in [0.3, 0.4) is 0 Å². The number of nitro groups is 1. The summed E-state index contributed by atoms with van der Waals surface area (Å²) < 4.78 is 5.29. The highest BCUT2D eigenvalue weighted by atomic mass is 16.6. The number of rotatable bonds is 2. The second-order valence-corrected chi connectivity index (χ2v) is 3.24. The number of para-hydroxylation sites is 1.